The molecule has 0 saturated carbocycles. The molecule has 2 aliphatic rings. The average molecular weight is 508 g/mol. The molecule has 36 heavy (non-hydrogen) atoms. The van der Waals surface area contributed by atoms with Gasteiger partial charge in [0.05, 0.1) is 28.1 Å². The number of benzene rings is 2. The van der Waals surface area contributed by atoms with Crippen LogP contribution in [0, 0.1) is 0 Å². The van der Waals surface area contributed by atoms with Crippen LogP contribution in [0.25, 0.3) is 0 Å². The van der Waals surface area contributed by atoms with Crippen molar-refractivity contribution in [3.05, 3.63) is 81.1 Å². The summed E-state index contributed by atoms with van der Waals surface area (Å²) in [6.07, 6.45) is -9.16. The minimum absolute atomic E-state index is 0.00910. The van der Waals surface area contributed by atoms with Crippen LogP contribution in [-0.2, 0) is 18.8 Å². The summed E-state index contributed by atoms with van der Waals surface area (Å²) in [5, 5.41) is 2.94. The Morgan fingerprint density at radius 3 is 2.28 bits per heavy atom. The Bertz CT molecular complexity index is 1410. The Hall–Kier alpha value is -3.96. The normalized spacial score (nSPS) is 15.9. The third kappa shape index (κ3) is 4.06. The van der Waals surface area contributed by atoms with Crippen molar-refractivity contribution in [2.75, 3.05) is 28.3 Å². The Morgan fingerprint density at radius 2 is 1.56 bits per heavy atom. The quantitative estimate of drug-likeness (QED) is 0.392. The number of carbonyl (C=O) groups excluding carboxylic acids is 1. The lowest BCUT2D eigenvalue weighted by atomic mass is 9.97. The number of aromatic amines is 1. The maximum absolute atomic E-state index is 13.9. The minimum atomic E-state index is -4.74. The molecule has 2 aromatic carbocycles. The van der Waals surface area contributed by atoms with Gasteiger partial charge in [0.2, 0.25) is 5.56 Å². The summed E-state index contributed by atoms with van der Waals surface area (Å²) in [6.45, 7) is -0.113. The molecule has 0 radical (unpaired) electrons. The van der Waals surface area contributed by atoms with Crippen LogP contribution >= 0.6 is 0 Å². The predicted octanol–water partition coefficient (Wildman–Crippen LogP) is 5.53. The lowest BCUT2D eigenvalue weighted by Gasteiger charge is -2.39. The lowest BCUT2D eigenvalue weighted by Crippen LogP contribution is -2.46. The number of hydrogen-bond acceptors (Lipinski definition) is 4. The number of alkyl halides is 6. The molecule has 188 valence electrons. The zero-order chi connectivity index (χ0) is 25.8. The van der Waals surface area contributed by atoms with Gasteiger partial charge in [0, 0.05) is 18.3 Å². The van der Waals surface area contributed by atoms with Crippen LogP contribution in [0.3, 0.4) is 0 Å². The zero-order valence-corrected chi connectivity index (χ0v) is 18.4. The Morgan fingerprint density at radius 1 is 0.806 bits per heavy atom. The van der Waals surface area contributed by atoms with Crippen LogP contribution in [0.1, 0.15) is 33.5 Å². The molecule has 6 nitrogen and oxygen atoms in total. The first-order valence-electron chi connectivity index (χ1n) is 10.9. The number of amides is 1. The molecular weight excluding hydrogens is 490 g/mol. The summed E-state index contributed by atoms with van der Waals surface area (Å²) in [5.41, 5.74) is -2.39. The highest BCUT2D eigenvalue weighted by atomic mass is 19.4. The van der Waals surface area contributed by atoms with E-state index in [0.717, 1.165) is 29.2 Å². The maximum atomic E-state index is 13.9. The van der Waals surface area contributed by atoms with Gasteiger partial charge in [-0.2, -0.15) is 26.3 Å². The second-order valence-electron chi connectivity index (χ2n) is 8.45. The largest absolute Gasteiger partial charge is 0.416 e. The molecule has 0 unspecified atom stereocenters. The number of nitrogens with zero attached hydrogens (tertiary/aromatic N) is 2. The maximum Gasteiger partial charge on any atom is 0.416 e. The van der Waals surface area contributed by atoms with Crippen LogP contribution in [0.2, 0.25) is 0 Å². The molecule has 0 fully saturated rings. The molecule has 3 aromatic rings. The first-order chi connectivity index (χ1) is 16.9. The van der Waals surface area contributed by atoms with E-state index < -0.39 is 34.9 Å². The molecule has 1 amide bonds. The minimum Gasteiger partial charge on any atom is -0.370 e. The highest BCUT2D eigenvalue weighted by Gasteiger charge is 2.40. The summed E-state index contributed by atoms with van der Waals surface area (Å²) in [5.74, 6) is -0.636. The Labute approximate surface area is 200 Å². The van der Waals surface area contributed by atoms with Crippen molar-refractivity contribution in [1.29, 1.82) is 0 Å². The number of fused-ring (bicyclic) bond motifs is 8. The van der Waals surface area contributed by atoms with Crippen molar-refractivity contribution in [1.82, 2.24) is 4.98 Å². The van der Waals surface area contributed by atoms with E-state index in [-0.39, 0.29) is 60.1 Å². The molecule has 1 aromatic heterocycles. The number of hydrogen-bond donors (Lipinski definition) is 2. The van der Waals surface area contributed by atoms with Crippen LogP contribution in [-0.4, -0.2) is 24.1 Å². The molecule has 2 bridgehead atoms. The Balaban J connectivity index is 1.79. The summed E-state index contributed by atoms with van der Waals surface area (Å²) in [7, 11) is 0. The van der Waals surface area contributed by atoms with Crippen LogP contribution in [0.15, 0.2) is 53.3 Å². The smallest absolute Gasteiger partial charge is 0.370 e. The lowest BCUT2D eigenvalue weighted by molar-refractivity contribution is -0.138. The van der Waals surface area contributed by atoms with Crippen molar-refractivity contribution >= 4 is 28.8 Å². The fourth-order valence-corrected chi connectivity index (χ4v) is 4.60. The van der Waals surface area contributed by atoms with E-state index in [1.807, 2.05) is 0 Å². The molecule has 2 aliphatic heterocycles. The number of H-pyrrole nitrogens is 1. The molecule has 0 spiro atoms. The van der Waals surface area contributed by atoms with E-state index in [2.05, 4.69) is 10.3 Å². The van der Waals surface area contributed by atoms with E-state index >= 15 is 0 Å². The van der Waals surface area contributed by atoms with Gasteiger partial charge in [-0.3, -0.25) is 14.5 Å². The van der Waals surface area contributed by atoms with E-state index in [4.69, 9.17) is 0 Å². The first-order valence-corrected chi connectivity index (χ1v) is 10.9. The molecule has 12 heteroatoms. The highest BCUT2D eigenvalue weighted by Crippen LogP contribution is 2.44. The number of anilines is 4. The molecule has 0 saturated heterocycles. The van der Waals surface area contributed by atoms with E-state index in [0.29, 0.717) is 6.07 Å². The summed E-state index contributed by atoms with van der Waals surface area (Å²) in [4.78, 5) is 30.5. The highest BCUT2D eigenvalue weighted by molar-refractivity contribution is 6.13. The topological polar surface area (TPSA) is 68.4 Å². The number of nitrogens with one attached hydrogen (secondary N) is 2. The molecular formula is C24H18F6N4O2. The van der Waals surface area contributed by atoms with Gasteiger partial charge in [-0.05, 0) is 54.8 Å². The third-order valence-electron chi connectivity index (χ3n) is 6.21. The van der Waals surface area contributed by atoms with Crippen LogP contribution < -0.4 is 20.7 Å². The number of carbonyl (C=O) groups is 1. The van der Waals surface area contributed by atoms with E-state index in [1.54, 1.807) is 0 Å². The van der Waals surface area contributed by atoms with Crippen molar-refractivity contribution in [2.24, 2.45) is 0 Å². The number of aromatic nitrogens is 1. The third-order valence-corrected chi connectivity index (χ3v) is 6.21. The second-order valence-corrected chi connectivity index (χ2v) is 8.45. The predicted molar refractivity (Wildman–Crippen MR) is 121 cm³/mol. The molecule has 2 N–H and O–H groups in total. The van der Waals surface area contributed by atoms with Gasteiger partial charge in [-0.25, -0.2) is 0 Å². The molecule has 0 aliphatic carbocycles. The fourth-order valence-electron chi connectivity index (χ4n) is 4.60. The van der Waals surface area contributed by atoms with E-state index in [9.17, 15) is 35.9 Å². The number of rotatable bonds is 0. The van der Waals surface area contributed by atoms with Crippen molar-refractivity contribution in [3.63, 3.8) is 0 Å². The first kappa shape index (κ1) is 23.8. The van der Waals surface area contributed by atoms with Gasteiger partial charge < -0.3 is 15.2 Å². The van der Waals surface area contributed by atoms with Gasteiger partial charge in [0.15, 0.2) is 0 Å². The van der Waals surface area contributed by atoms with Gasteiger partial charge in [0.1, 0.15) is 12.5 Å². The van der Waals surface area contributed by atoms with Crippen molar-refractivity contribution in [3.8, 4) is 0 Å². The Kier molecular flexibility index (Phi) is 5.49. The molecule has 0 atom stereocenters. The number of halogens is 6. The summed E-state index contributed by atoms with van der Waals surface area (Å²) < 4.78 is 82.3. The molecule has 3 heterocycles. The van der Waals surface area contributed by atoms with E-state index in [1.165, 1.54) is 23.1 Å². The fraction of sp³-hybridized carbons (Fsp3) is 0.250. The second kappa shape index (κ2) is 8.32. The summed E-state index contributed by atoms with van der Waals surface area (Å²) >= 11 is 0. The van der Waals surface area contributed by atoms with Crippen molar-refractivity contribution in [2.45, 2.75) is 25.2 Å². The van der Waals surface area contributed by atoms with Crippen LogP contribution in [0.4, 0.5) is 49.2 Å². The van der Waals surface area contributed by atoms with Gasteiger partial charge >= 0.3 is 12.4 Å². The number of pyridine rings is 1. The van der Waals surface area contributed by atoms with Gasteiger partial charge in [-0.15, -0.1) is 0 Å². The average Bonchev–Trinajstić information content (AvgIpc) is 2.83. The zero-order valence-electron chi connectivity index (χ0n) is 18.4. The van der Waals surface area contributed by atoms with Gasteiger partial charge in [-0.1, -0.05) is 6.07 Å². The molecule has 5 rings (SSSR count). The monoisotopic (exact) mass is 508 g/mol. The van der Waals surface area contributed by atoms with Crippen molar-refractivity contribution < 1.29 is 31.1 Å². The SMILES string of the molecule is O=C1c2cc(C(F)(F)F)ccc2N2CN1c1ccc(=O)[nH]c1NCCCc1c2cccc1C(F)(F)F. The van der Waals surface area contributed by atoms with Crippen LogP contribution in [0.5, 0.6) is 0 Å². The van der Waals surface area contributed by atoms with Gasteiger partial charge in [0.25, 0.3) is 5.91 Å². The summed E-state index contributed by atoms with van der Waals surface area (Å²) in [6, 6.07) is 8.75. The standard InChI is InChI=1S/C24H18F6N4O2/c25-23(26,27)13-6-7-18-15(11-13)22(36)34-12-33(18)17-5-1-4-16(24(28,29)30)14(17)3-2-10-31-21-19(34)8-9-20(35)32-21/h1,4-9,11H,2-3,10,12H2,(H2,31,32,35).